The lowest BCUT2D eigenvalue weighted by Gasteiger charge is -2.57. The van der Waals surface area contributed by atoms with Crippen LogP contribution in [0.5, 0.6) is 0 Å². The van der Waals surface area contributed by atoms with Crippen LogP contribution in [0.25, 0.3) is 0 Å². The Morgan fingerprint density at radius 1 is 1.13 bits per heavy atom. The summed E-state index contributed by atoms with van der Waals surface area (Å²) in [5, 5.41) is 10.6. The first-order chi connectivity index (χ1) is 10.9. The van der Waals surface area contributed by atoms with Crippen LogP contribution in [0.2, 0.25) is 0 Å². The van der Waals surface area contributed by atoms with Crippen LogP contribution in [0.4, 0.5) is 0 Å². The van der Waals surface area contributed by atoms with Crippen molar-refractivity contribution in [3.05, 3.63) is 23.3 Å². The second kappa shape index (κ2) is 5.05. The maximum atomic E-state index is 11.9. The highest BCUT2D eigenvalue weighted by Gasteiger charge is 2.59. The highest BCUT2D eigenvalue weighted by atomic mass is 16.3. The molecule has 0 bridgehead atoms. The van der Waals surface area contributed by atoms with E-state index < -0.39 is 0 Å². The van der Waals surface area contributed by atoms with E-state index >= 15 is 0 Å². The molecular weight excluding hydrogens is 284 g/mol. The van der Waals surface area contributed by atoms with Gasteiger partial charge in [-0.1, -0.05) is 25.5 Å². The number of allylic oxidation sites excluding steroid dienone is 2. The summed E-state index contributed by atoms with van der Waals surface area (Å²) in [4.78, 5) is 11.9. The van der Waals surface area contributed by atoms with Crippen molar-refractivity contribution in [3.63, 3.8) is 0 Å². The van der Waals surface area contributed by atoms with Crippen molar-refractivity contribution >= 4 is 5.78 Å². The van der Waals surface area contributed by atoms with E-state index in [0.29, 0.717) is 17.6 Å². The molecule has 2 heteroatoms. The SMILES string of the molecule is C/C=C1/[C@H](O)CC2C3CCC4=CC(=O)CC[C@]4(C)C3CC[C@]12C. The van der Waals surface area contributed by atoms with Gasteiger partial charge in [-0.3, -0.25) is 4.79 Å². The first kappa shape index (κ1) is 15.6. The number of aliphatic hydroxyl groups excluding tert-OH is 1. The van der Waals surface area contributed by atoms with Gasteiger partial charge in [-0.05, 0) is 85.7 Å². The van der Waals surface area contributed by atoms with E-state index in [2.05, 4.69) is 26.8 Å². The van der Waals surface area contributed by atoms with E-state index in [-0.39, 0.29) is 16.9 Å². The smallest absolute Gasteiger partial charge is 0.155 e. The van der Waals surface area contributed by atoms with Gasteiger partial charge in [-0.15, -0.1) is 0 Å². The Bertz CT molecular complexity index is 601. The molecule has 4 aliphatic carbocycles. The summed E-state index contributed by atoms with van der Waals surface area (Å²) in [5.41, 5.74) is 3.17. The number of carbonyl (C=O) groups excluding carboxylic acids is 1. The summed E-state index contributed by atoms with van der Waals surface area (Å²) in [6, 6.07) is 0. The van der Waals surface area contributed by atoms with Crippen LogP contribution in [-0.4, -0.2) is 17.0 Å². The Hall–Kier alpha value is -0.890. The topological polar surface area (TPSA) is 37.3 Å². The number of aliphatic hydroxyl groups is 1. The zero-order chi connectivity index (χ0) is 16.4. The molecule has 3 unspecified atom stereocenters. The number of hydrogen-bond acceptors (Lipinski definition) is 2. The average Bonchev–Trinajstić information content (AvgIpc) is 2.77. The highest BCUT2D eigenvalue weighted by molar-refractivity contribution is 5.91. The van der Waals surface area contributed by atoms with Gasteiger partial charge in [0.2, 0.25) is 0 Å². The Morgan fingerprint density at radius 2 is 1.91 bits per heavy atom. The van der Waals surface area contributed by atoms with Crippen molar-refractivity contribution in [3.8, 4) is 0 Å². The van der Waals surface area contributed by atoms with Crippen LogP contribution in [-0.2, 0) is 4.79 Å². The predicted octanol–water partition coefficient (Wildman–Crippen LogP) is 4.44. The molecule has 2 nitrogen and oxygen atoms in total. The quantitative estimate of drug-likeness (QED) is 0.671. The van der Waals surface area contributed by atoms with E-state index in [9.17, 15) is 9.90 Å². The second-order valence-electron chi connectivity index (χ2n) is 8.92. The fourth-order valence-electron chi connectivity index (χ4n) is 6.94. The lowest BCUT2D eigenvalue weighted by atomic mass is 9.47. The molecule has 6 atom stereocenters. The molecular formula is C21H30O2. The Balaban J connectivity index is 1.71. The standard InChI is InChI=1S/C21H30O2/c1-4-16-19(23)12-18-15-6-5-13-11-14(22)7-9-20(13,2)17(15)8-10-21(16,18)3/h4,11,15,17-19,23H,5-10,12H2,1-3H3/b16-4-/t15?,17?,18?,19-,20+,21-/m1/s1. The van der Waals surface area contributed by atoms with Gasteiger partial charge in [0.1, 0.15) is 0 Å². The molecule has 0 aromatic rings. The Kier molecular flexibility index (Phi) is 3.43. The third-order valence-electron chi connectivity index (χ3n) is 8.16. The largest absolute Gasteiger partial charge is 0.389 e. The number of fused-ring (bicyclic) bond motifs is 5. The summed E-state index contributed by atoms with van der Waals surface area (Å²) in [6.07, 6.45) is 11.4. The number of ketones is 1. The molecule has 0 aliphatic heterocycles. The molecule has 126 valence electrons. The average molecular weight is 314 g/mol. The lowest BCUT2D eigenvalue weighted by Crippen LogP contribution is -2.49. The normalized spacial score (nSPS) is 51.0. The van der Waals surface area contributed by atoms with Gasteiger partial charge >= 0.3 is 0 Å². The summed E-state index contributed by atoms with van der Waals surface area (Å²) in [7, 11) is 0. The molecule has 1 N–H and O–H groups in total. The maximum absolute atomic E-state index is 11.9. The van der Waals surface area contributed by atoms with Crippen LogP contribution in [0.15, 0.2) is 23.3 Å². The molecule has 0 aromatic carbocycles. The summed E-state index contributed by atoms with van der Waals surface area (Å²) in [5.74, 6) is 2.39. The maximum Gasteiger partial charge on any atom is 0.155 e. The molecule has 3 fully saturated rings. The molecule has 3 saturated carbocycles. The van der Waals surface area contributed by atoms with Gasteiger partial charge in [0, 0.05) is 6.42 Å². The molecule has 4 aliphatic rings. The van der Waals surface area contributed by atoms with Crippen molar-refractivity contribution in [2.45, 2.75) is 71.8 Å². The fraction of sp³-hybridized carbons (Fsp3) is 0.762. The number of carbonyl (C=O) groups is 1. The minimum Gasteiger partial charge on any atom is -0.389 e. The van der Waals surface area contributed by atoms with Crippen LogP contribution in [0.1, 0.15) is 65.7 Å². The second-order valence-corrected chi connectivity index (χ2v) is 8.92. The Labute approximate surface area is 140 Å². The van der Waals surface area contributed by atoms with Crippen molar-refractivity contribution < 1.29 is 9.90 Å². The van der Waals surface area contributed by atoms with Crippen LogP contribution >= 0.6 is 0 Å². The van der Waals surface area contributed by atoms with Gasteiger partial charge in [-0.2, -0.15) is 0 Å². The minimum absolute atomic E-state index is 0.206. The molecule has 0 spiro atoms. The monoisotopic (exact) mass is 314 g/mol. The molecule has 0 aromatic heterocycles. The molecule has 23 heavy (non-hydrogen) atoms. The van der Waals surface area contributed by atoms with Crippen molar-refractivity contribution in [1.29, 1.82) is 0 Å². The number of rotatable bonds is 0. The van der Waals surface area contributed by atoms with Gasteiger partial charge in [0.15, 0.2) is 5.78 Å². The molecule has 0 saturated heterocycles. The summed E-state index contributed by atoms with van der Waals surface area (Å²) >= 11 is 0. The minimum atomic E-state index is -0.230. The fourth-order valence-corrected chi connectivity index (χ4v) is 6.94. The predicted molar refractivity (Wildman–Crippen MR) is 91.9 cm³/mol. The van der Waals surface area contributed by atoms with Crippen LogP contribution in [0, 0.1) is 28.6 Å². The van der Waals surface area contributed by atoms with Gasteiger partial charge in [-0.25, -0.2) is 0 Å². The number of hydrogen-bond donors (Lipinski definition) is 1. The van der Waals surface area contributed by atoms with Crippen LogP contribution in [0.3, 0.4) is 0 Å². The first-order valence-electron chi connectivity index (χ1n) is 9.49. The summed E-state index contributed by atoms with van der Waals surface area (Å²) in [6.45, 7) is 6.91. The van der Waals surface area contributed by atoms with Gasteiger partial charge in [0.25, 0.3) is 0 Å². The van der Waals surface area contributed by atoms with E-state index in [1.54, 1.807) is 0 Å². The van der Waals surface area contributed by atoms with Crippen molar-refractivity contribution in [2.24, 2.45) is 28.6 Å². The third kappa shape index (κ3) is 2.00. The van der Waals surface area contributed by atoms with Gasteiger partial charge < -0.3 is 5.11 Å². The van der Waals surface area contributed by atoms with Crippen molar-refractivity contribution in [2.75, 3.05) is 0 Å². The van der Waals surface area contributed by atoms with E-state index in [4.69, 9.17) is 0 Å². The highest BCUT2D eigenvalue weighted by Crippen LogP contribution is 2.66. The molecule has 0 amide bonds. The third-order valence-corrected chi connectivity index (χ3v) is 8.16. The van der Waals surface area contributed by atoms with E-state index in [1.165, 1.54) is 30.4 Å². The van der Waals surface area contributed by atoms with E-state index in [1.807, 2.05) is 6.08 Å². The molecule has 0 heterocycles. The van der Waals surface area contributed by atoms with Crippen LogP contribution < -0.4 is 0 Å². The van der Waals surface area contributed by atoms with E-state index in [0.717, 1.165) is 31.6 Å². The zero-order valence-corrected chi connectivity index (χ0v) is 14.8. The summed E-state index contributed by atoms with van der Waals surface area (Å²) < 4.78 is 0. The lowest BCUT2D eigenvalue weighted by molar-refractivity contribution is -0.117. The first-order valence-corrected chi connectivity index (χ1v) is 9.49. The van der Waals surface area contributed by atoms with Gasteiger partial charge in [0.05, 0.1) is 6.10 Å². The zero-order valence-electron chi connectivity index (χ0n) is 14.8. The van der Waals surface area contributed by atoms with Crippen molar-refractivity contribution in [1.82, 2.24) is 0 Å². The molecule has 4 rings (SSSR count). The Morgan fingerprint density at radius 3 is 2.65 bits per heavy atom. The molecule has 0 radical (unpaired) electrons.